The van der Waals surface area contributed by atoms with Crippen molar-refractivity contribution in [3.05, 3.63) is 42.0 Å². The summed E-state index contributed by atoms with van der Waals surface area (Å²) in [5.41, 5.74) is 3.14. The molecule has 0 radical (unpaired) electrons. The lowest BCUT2D eigenvalue weighted by Crippen LogP contribution is -2.33. The number of aromatic hydroxyl groups is 1. The summed E-state index contributed by atoms with van der Waals surface area (Å²) in [6, 6.07) is 11.2. The smallest absolute Gasteiger partial charge is 0.254 e. The molecule has 0 aliphatic carbocycles. The molecule has 0 spiro atoms. The van der Waals surface area contributed by atoms with Gasteiger partial charge in [0.15, 0.2) is 0 Å². The number of fused-ring (bicyclic) bond motifs is 1. The molecule has 5 nitrogen and oxygen atoms in total. The maximum atomic E-state index is 11.8. The fraction of sp³-hybridized carbons (Fsp3) is 0.294. The molecule has 1 heterocycles. The molecule has 114 valence electrons. The van der Waals surface area contributed by atoms with E-state index in [1.807, 2.05) is 30.3 Å². The SMILES string of the molecule is O=C(CN1CCCC1)N/N=C/c1c(O)ccc2ccccc12. The molecule has 1 fully saturated rings. The molecular weight excluding hydrogens is 278 g/mol. The van der Waals surface area contributed by atoms with Gasteiger partial charge in [-0.05, 0) is 42.8 Å². The second-order valence-corrected chi connectivity index (χ2v) is 5.50. The van der Waals surface area contributed by atoms with Crippen LogP contribution in [0.2, 0.25) is 0 Å². The van der Waals surface area contributed by atoms with Crippen LogP contribution < -0.4 is 5.43 Å². The molecule has 0 saturated carbocycles. The average molecular weight is 297 g/mol. The number of amides is 1. The number of hydrogen-bond acceptors (Lipinski definition) is 4. The summed E-state index contributed by atoms with van der Waals surface area (Å²) in [7, 11) is 0. The number of carbonyl (C=O) groups excluding carboxylic acids is 1. The highest BCUT2D eigenvalue weighted by molar-refractivity contribution is 6.02. The van der Waals surface area contributed by atoms with Gasteiger partial charge >= 0.3 is 0 Å². The molecule has 5 heteroatoms. The number of nitrogens with one attached hydrogen (secondary N) is 1. The predicted octanol–water partition coefficient (Wildman–Crippen LogP) is 2.09. The zero-order chi connectivity index (χ0) is 15.4. The van der Waals surface area contributed by atoms with Crippen molar-refractivity contribution in [2.24, 2.45) is 5.10 Å². The Balaban J connectivity index is 1.69. The van der Waals surface area contributed by atoms with Crippen molar-refractivity contribution in [3.8, 4) is 5.75 Å². The van der Waals surface area contributed by atoms with Crippen molar-refractivity contribution in [1.29, 1.82) is 0 Å². The Hall–Kier alpha value is -2.40. The molecule has 0 bridgehead atoms. The van der Waals surface area contributed by atoms with Crippen molar-refractivity contribution in [2.45, 2.75) is 12.8 Å². The number of nitrogens with zero attached hydrogens (tertiary/aromatic N) is 2. The van der Waals surface area contributed by atoms with Crippen LogP contribution in [-0.4, -0.2) is 41.8 Å². The van der Waals surface area contributed by atoms with Crippen LogP contribution in [0.4, 0.5) is 0 Å². The van der Waals surface area contributed by atoms with E-state index in [1.165, 1.54) is 6.21 Å². The Morgan fingerprint density at radius 1 is 1.23 bits per heavy atom. The third-order valence-corrected chi connectivity index (χ3v) is 3.90. The maximum absolute atomic E-state index is 11.8. The standard InChI is InChI=1S/C17H19N3O2/c21-16-8-7-13-5-1-2-6-14(13)15(16)11-18-19-17(22)12-20-9-3-4-10-20/h1-2,5-8,11,21H,3-4,9-10,12H2,(H,19,22)/b18-11+. The number of benzene rings is 2. The molecular formula is C17H19N3O2. The second kappa shape index (κ2) is 6.58. The Labute approximate surface area is 129 Å². The third kappa shape index (κ3) is 3.26. The molecule has 0 atom stereocenters. The lowest BCUT2D eigenvalue weighted by atomic mass is 10.0. The van der Waals surface area contributed by atoms with Gasteiger partial charge in [-0.3, -0.25) is 9.69 Å². The molecule has 1 aliphatic heterocycles. The quantitative estimate of drug-likeness (QED) is 0.671. The van der Waals surface area contributed by atoms with Crippen LogP contribution in [0.25, 0.3) is 10.8 Å². The van der Waals surface area contributed by atoms with Crippen molar-refractivity contribution in [1.82, 2.24) is 10.3 Å². The maximum Gasteiger partial charge on any atom is 0.254 e. The fourth-order valence-electron chi connectivity index (χ4n) is 2.77. The molecule has 0 aromatic heterocycles. The van der Waals surface area contributed by atoms with Gasteiger partial charge < -0.3 is 5.11 Å². The number of carbonyl (C=O) groups is 1. The van der Waals surface area contributed by atoms with Gasteiger partial charge in [0.1, 0.15) is 5.75 Å². The summed E-state index contributed by atoms with van der Waals surface area (Å²) < 4.78 is 0. The van der Waals surface area contributed by atoms with Gasteiger partial charge in [-0.1, -0.05) is 30.3 Å². The minimum Gasteiger partial charge on any atom is -0.507 e. The van der Waals surface area contributed by atoms with E-state index in [0.29, 0.717) is 12.1 Å². The fourth-order valence-corrected chi connectivity index (χ4v) is 2.77. The van der Waals surface area contributed by atoms with Gasteiger partial charge in [-0.15, -0.1) is 0 Å². The molecule has 22 heavy (non-hydrogen) atoms. The van der Waals surface area contributed by atoms with E-state index < -0.39 is 0 Å². The van der Waals surface area contributed by atoms with E-state index in [4.69, 9.17) is 0 Å². The normalized spacial score (nSPS) is 15.6. The average Bonchev–Trinajstić information content (AvgIpc) is 3.02. The summed E-state index contributed by atoms with van der Waals surface area (Å²) in [5.74, 6) is 0.0223. The largest absolute Gasteiger partial charge is 0.507 e. The van der Waals surface area contributed by atoms with E-state index in [9.17, 15) is 9.90 Å². The van der Waals surface area contributed by atoms with Gasteiger partial charge in [0.25, 0.3) is 5.91 Å². The van der Waals surface area contributed by atoms with Crippen LogP contribution in [-0.2, 0) is 4.79 Å². The number of rotatable bonds is 4. The van der Waals surface area contributed by atoms with Crippen molar-refractivity contribution < 1.29 is 9.90 Å². The van der Waals surface area contributed by atoms with Crippen LogP contribution in [0.5, 0.6) is 5.75 Å². The lowest BCUT2D eigenvalue weighted by molar-refractivity contribution is -0.121. The first-order valence-electron chi connectivity index (χ1n) is 7.49. The van der Waals surface area contributed by atoms with E-state index in [1.54, 1.807) is 6.07 Å². The molecule has 1 saturated heterocycles. The first-order valence-corrected chi connectivity index (χ1v) is 7.49. The predicted molar refractivity (Wildman–Crippen MR) is 87.0 cm³/mol. The monoisotopic (exact) mass is 297 g/mol. The first kappa shape index (κ1) is 14.5. The van der Waals surface area contributed by atoms with Crippen LogP contribution in [0.3, 0.4) is 0 Å². The summed E-state index contributed by atoms with van der Waals surface area (Å²) >= 11 is 0. The topological polar surface area (TPSA) is 64.9 Å². The zero-order valence-electron chi connectivity index (χ0n) is 12.3. The number of phenolic OH excluding ortho intramolecular Hbond substituents is 1. The molecule has 2 N–H and O–H groups in total. The molecule has 2 aromatic rings. The zero-order valence-corrected chi connectivity index (χ0v) is 12.3. The molecule has 3 rings (SSSR count). The molecule has 1 amide bonds. The van der Waals surface area contributed by atoms with Gasteiger partial charge in [0.05, 0.1) is 12.8 Å². The van der Waals surface area contributed by atoms with Gasteiger partial charge in [-0.25, -0.2) is 5.43 Å². The van der Waals surface area contributed by atoms with Crippen LogP contribution >= 0.6 is 0 Å². The lowest BCUT2D eigenvalue weighted by Gasteiger charge is -2.12. The van der Waals surface area contributed by atoms with E-state index in [2.05, 4.69) is 15.4 Å². The Morgan fingerprint density at radius 2 is 2.00 bits per heavy atom. The molecule has 0 unspecified atom stereocenters. The van der Waals surface area contributed by atoms with E-state index in [0.717, 1.165) is 36.7 Å². The van der Waals surface area contributed by atoms with E-state index in [-0.39, 0.29) is 11.7 Å². The highest BCUT2D eigenvalue weighted by Gasteiger charge is 2.14. The van der Waals surface area contributed by atoms with Crippen molar-refractivity contribution in [2.75, 3.05) is 19.6 Å². The minimum absolute atomic E-state index is 0.127. The summed E-state index contributed by atoms with van der Waals surface area (Å²) in [6.45, 7) is 2.32. The Bertz CT molecular complexity index is 706. The minimum atomic E-state index is -0.127. The van der Waals surface area contributed by atoms with E-state index >= 15 is 0 Å². The first-order chi connectivity index (χ1) is 10.7. The molecule has 1 aliphatic rings. The summed E-state index contributed by atoms with van der Waals surface area (Å²) in [6.07, 6.45) is 3.81. The third-order valence-electron chi connectivity index (χ3n) is 3.90. The summed E-state index contributed by atoms with van der Waals surface area (Å²) in [5, 5.41) is 15.9. The number of hydrazone groups is 1. The van der Waals surface area contributed by atoms with Crippen molar-refractivity contribution in [3.63, 3.8) is 0 Å². The van der Waals surface area contributed by atoms with Crippen LogP contribution in [0.1, 0.15) is 18.4 Å². The summed E-state index contributed by atoms with van der Waals surface area (Å²) in [4.78, 5) is 13.9. The van der Waals surface area contributed by atoms with Gasteiger partial charge in [0, 0.05) is 5.56 Å². The number of likely N-dealkylation sites (tertiary alicyclic amines) is 1. The van der Waals surface area contributed by atoms with Crippen LogP contribution in [0.15, 0.2) is 41.5 Å². The number of hydrogen-bond donors (Lipinski definition) is 2. The highest BCUT2D eigenvalue weighted by atomic mass is 16.3. The van der Waals surface area contributed by atoms with Crippen molar-refractivity contribution >= 4 is 22.9 Å². The number of phenols is 1. The molecule has 2 aromatic carbocycles. The highest BCUT2D eigenvalue weighted by Crippen LogP contribution is 2.25. The van der Waals surface area contributed by atoms with Crippen LogP contribution in [0, 0.1) is 0 Å². The second-order valence-electron chi connectivity index (χ2n) is 5.50. The van der Waals surface area contributed by atoms with Gasteiger partial charge in [0.2, 0.25) is 0 Å². The Morgan fingerprint density at radius 3 is 2.82 bits per heavy atom. The Kier molecular flexibility index (Phi) is 4.34. The van der Waals surface area contributed by atoms with Gasteiger partial charge in [-0.2, -0.15) is 5.10 Å².